The van der Waals surface area contributed by atoms with Gasteiger partial charge in [0.25, 0.3) is 0 Å². The van der Waals surface area contributed by atoms with Crippen LogP contribution in [0.15, 0.2) is 11.6 Å². The minimum Gasteiger partial charge on any atom is -0.443 e. The first kappa shape index (κ1) is 20.6. The summed E-state index contributed by atoms with van der Waals surface area (Å²) in [5.41, 5.74) is 0.805. The monoisotopic (exact) mass is 381 g/mol. The van der Waals surface area contributed by atoms with Crippen LogP contribution in [0.5, 0.6) is 0 Å². The van der Waals surface area contributed by atoms with Crippen LogP contribution in [-0.2, 0) is 18.9 Å². The van der Waals surface area contributed by atoms with Crippen LogP contribution in [0, 0.1) is 5.92 Å². The summed E-state index contributed by atoms with van der Waals surface area (Å²) >= 11 is 0. The van der Waals surface area contributed by atoms with E-state index in [1.54, 1.807) is 7.11 Å². The van der Waals surface area contributed by atoms with Crippen LogP contribution in [0.4, 0.5) is 4.79 Å². The molecule has 3 fully saturated rings. The fourth-order valence-electron chi connectivity index (χ4n) is 4.62. The predicted octanol–water partition coefficient (Wildman–Crippen LogP) is 3.59. The van der Waals surface area contributed by atoms with Crippen molar-refractivity contribution in [3.63, 3.8) is 0 Å². The average molecular weight is 382 g/mol. The second-order valence-corrected chi connectivity index (χ2v) is 8.60. The second-order valence-electron chi connectivity index (χ2n) is 8.60. The summed E-state index contributed by atoms with van der Waals surface area (Å²) in [6, 6.07) is 0. The first-order chi connectivity index (χ1) is 12.9. The van der Waals surface area contributed by atoms with Gasteiger partial charge in [-0.25, -0.2) is 4.79 Å². The second kappa shape index (κ2) is 8.10. The molecule has 1 amide bonds. The van der Waals surface area contributed by atoms with Gasteiger partial charge in [-0.15, -0.1) is 0 Å². The van der Waals surface area contributed by atoms with Crippen molar-refractivity contribution < 1.29 is 23.7 Å². The normalized spacial score (nSPS) is 39.7. The zero-order chi connectivity index (χ0) is 19.7. The number of nitrogens with one attached hydrogen (secondary N) is 1. The standard InChI is InChI=1S/C21H35NO5/c1-6-7-12-22-19(23)26-15-10-11-21(13-25-21)18(17(15)24-5)20(4)16(27-20)9-8-14(2)3/h8,15-18H,6-7,9-13H2,1-5H3,(H,22,23). The molecule has 1 N–H and O–H groups in total. The highest BCUT2D eigenvalue weighted by Crippen LogP contribution is 2.59. The van der Waals surface area contributed by atoms with E-state index in [4.69, 9.17) is 18.9 Å². The Morgan fingerprint density at radius 3 is 2.70 bits per heavy atom. The zero-order valence-corrected chi connectivity index (χ0v) is 17.4. The van der Waals surface area contributed by atoms with Crippen LogP contribution in [0.1, 0.15) is 59.8 Å². The molecule has 6 atom stereocenters. The Kier molecular flexibility index (Phi) is 6.18. The molecule has 3 rings (SSSR count). The highest BCUT2D eigenvalue weighted by atomic mass is 16.6. The van der Waals surface area contributed by atoms with Gasteiger partial charge in [0.15, 0.2) is 0 Å². The Hall–Kier alpha value is -1.11. The number of hydrogen-bond donors (Lipinski definition) is 1. The van der Waals surface area contributed by atoms with Crippen molar-refractivity contribution in [2.75, 3.05) is 20.3 Å². The molecule has 3 aliphatic rings. The highest BCUT2D eigenvalue weighted by Gasteiger charge is 2.72. The van der Waals surface area contributed by atoms with Crippen molar-refractivity contribution in [3.05, 3.63) is 11.6 Å². The van der Waals surface area contributed by atoms with Crippen molar-refractivity contribution in [3.8, 4) is 0 Å². The zero-order valence-electron chi connectivity index (χ0n) is 17.4. The lowest BCUT2D eigenvalue weighted by Gasteiger charge is -2.42. The molecule has 2 saturated heterocycles. The third-order valence-corrected chi connectivity index (χ3v) is 6.30. The summed E-state index contributed by atoms with van der Waals surface area (Å²) in [4.78, 5) is 12.2. The maximum atomic E-state index is 12.2. The predicted molar refractivity (Wildman–Crippen MR) is 103 cm³/mol. The number of allylic oxidation sites excluding steroid dienone is 1. The molecule has 2 heterocycles. The number of ether oxygens (including phenoxy) is 4. The number of epoxide rings is 2. The molecule has 0 aromatic heterocycles. The van der Waals surface area contributed by atoms with Gasteiger partial charge >= 0.3 is 6.09 Å². The van der Waals surface area contributed by atoms with Crippen molar-refractivity contribution in [1.82, 2.24) is 5.32 Å². The molecular formula is C21H35NO5. The molecule has 154 valence electrons. The summed E-state index contributed by atoms with van der Waals surface area (Å²) in [6.45, 7) is 9.83. The third kappa shape index (κ3) is 4.33. The molecule has 1 spiro atoms. The lowest BCUT2D eigenvalue weighted by atomic mass is 9.68. The van der Waals surface area contributed by atoms with Crippen molar-refractivity contribution >= 4 is 6.09 Å². The Labute approximate surface area is 162 Å². The van der Waals surface area contributed by atoms with E-state index < -0.39 is 0 Å². The quantitative estimate of drug-likeness (QED) is 0.395. The summed E-state index contributed by atoms with van der Waals surface area (Å²) < 4.78 is 23.7. The maximum absolute atomic E-state index is 12.2. The van der Waals surface area contributed by atoms with E-state index in [1.165, 1.54) is 5.57 Å². The lowest BCUT2D eigenvalue weighted by molar-refractivity contribution is -0.118. The minimum atomic E-state index is -0.357. The molecule has 1 saturated carbocycles. The van der Waals surface area contributed by atoms with Crippen molar-refractivity contribution in [1.29, 1.82) is 0 Å². The van der Waals surface area contributed by atoms with E-state index in [2.05, 4.69) is 39.1 Å². The minimum absolute atomic E-state index is 0.0627. The maximum Gasteiger partial charge on any atom is 0.407 e. The molecule has 6 heteroatoms. The summed E-state index contributed by atoms with van der Waals surface area (Å²) in [6.07, 6.45) is 6.03. The number of carbonyl (C=O) groups is 1. The van der Waals surface area contributed by atoms with Crippen LogP contribution in [-0.4, -0.2) is 55.9 Å². The fourth-order valence-corrected chi connectivity index (χ4v) is 4.62. The third-order valence-electron chi connectivity index (χ3n) is 6.30. The van der Waals surface area contributed by atoms with Crippen LogP contribution in [0.2, 0.25) is 0 Å². The van der Waals surface area contributed by atoms with Gasteiger partial charge in [-0.1, -0.05) is 25.0 Å². The fraction of sp³-hybridized carbons (Fsp3) is 0.857. The molecule has 2 aliphatic heterocycles. The molecular weight excluding hydrogens is 346 g/mol. The summed E-state index contributed by atoms with van der Waals surface area (Å²) in [7, 11) is 1.70. The lowest BCUT2D eigenvalue weighted by Crippen LogP contribution is -2.56. The highest BCUT2D eigenvalue weighted by molar-refractivity contribution is 5.67. The van der Waals surface area contributed by atoms with Crippen molar-refractivity contribution in [2.24, 2.45) is 5.92 Å². The Bertz CT molecular complexity index is 569. The van der Waals surface area contributed by atoms with Gasteiger partial charge in [0.1, 0.15) is 23.4 Å². The van der Waals surface area contributed by atoms with E-state index in [1.807, 2.05) is 0 Å². The van der Waals surface area contributed by atoms with Gasteiger partial charge in [0.2, 0.25) is 0 Å². The number of alkyl carbamates (subject to hydrolysis) is 1. The largest absolute Gasteiger partial charge is 0.443 e. The van der Waals surface area contributed by atoms with Gasteiger partial charge in [-0.05, 0) is 46.5 Å². The molecule has 0 radical (unpaired) electrons. The van der Waals surface area contributed by atoms with Crippen LogP contribution in [0.3, 0.4) is 0 Å². The number of unbranched alkanes of at least 4 members (excludes halogenated alkanes) is 1. The Morgan fingerprint density at radius 2 is 2.11 bits per heavy atom. The van der Waals surface area contributed by atoms with Crippen molar-refractivity contribution in [2.45, 2.75) is 89.3 Å². The number of methoxy groups -OCH3 is 1. The van der Waals surface area contributed by atoms with E-state index >= 15 is 0 Å². The SMILES string of the molecule is CCCCNC(=O)OC1CCC2(CO2)C(C2(C)OC2CC=C(C)C)C1OC. The summed E-state index contributed by atoms with van der Waals surface area (Å²) in [5, 5.41) is 2.84. The molecule has 0 aromatic carbocycles. The van der Waals surface area contributed by atoms with E-state index in [0.717, 1.165) is 38.7 Å². The molecule has 6 unspecified atom stereocenters. The first-order valence-corrected chi connectivity index (χ1v) is 10.3. The van der Waals surface area contributed by atoms with E-state index in [9.17, 15) is 4.79 Å². The molecule has 6 nitrogen and oxygen atoms in total. The number of hydrogen-bond acceptors (Lipinski definition) is 5. The number of amides is 1. The number of rotatable bonds is 8. The van der Waals surface area contributed by atoms with Crippen LogP contribution < -0.4 is 5.32 Å². The molecule has 0 aromatic rings. The molecule has 1 aliphatic carbocycles. The summed E-state index contributed by atoms with van der Waals surface area (Å²) in [5.74, 6) is 0.0627. The number of carbonyl (C=O) groups excluding carboxylic acids is 1. The molecule has 27 heavy (non-hydrogen) atoms. The van der Waals surface area contributed by atoms with Crippen LogP contribution in [0.25, 0.3) is 0 Å². The van der Waals surface area contributed by atoms with E-state index in [-0.39, 0.29) is 41.5 Å². The average Bonchev–Trinajstić information content (AvgIpc) is 3.53. The Balaban J connectivity index is 1.68. The van der Waals surface area contributed by atoms with Gasteiger partial charge < -0.3 is 24.3 Å². The topological polar surface area (TPSA) is 72.6 Å². The van der Waals surface area contributed by atoms with Gasteiger partial charge in [0.05, 0.1) is 18.6 Å². The van der Waals surface area contributed by atoms with Crippen LogP contribution >= 0.6 is 0 Å². The Morgan fingerprint density at radius 1 is 1.37 bits per heavy atom. The van der Waals surface area contributed by atoms with Gasteiger partial charge in [0, 0.05) is 13.7 Å². The molecule has 0 bridgehead atoms. The van der Waals surface area contributed by atoms with Gasteiger partial charge in [-0.2, -0.15) is 0 Å². The smallest absolute Gasteiger partial charge is 0.407 e. The van der Waals surface area contributed by atoms with Gasteiger partial charge in [-0.3, -0.25) is 0 Å². The first-order valence-electron chi connectivity index (χ1n) is 10.3. The van der Waals surface area contributed by atoms with E-state index in [0.29, 0.717) is 6.54 Å².